The highest BCUT2D eigenvalue weighted by molar-refractivity contribution is 5.89. The lowest BCUT2D eigenvalue weighted by Crippen LogP contribution is -2.44. The smallest absolute Gasteiger partial charge is 0.319 e. The Labute approximate surface area is 186 Å². The van der Waals surface area contributed by atoms with Crippen molar-refractivity contribution in [2.45, 2.75) is 39.9 Å². The van der Waals surface area contributed by atoms with Gasteiger partial charge >= 0.3 is 6.03 Å². The van der Waals surface area contributed by atoms with Gasteiger partial charge in [-0.15, -0.1) is 0 Å². The number of carbonyl (C=O) groups is 2. The van der Waals surface area contributed by atoms with Gasteiger partial charge in [0.1, 0.15) is 11.6 Å². The Bertz CT molecular complexity index is 1050. The van der Waals surface area contributed by atoms with Crippen LogP contribution in [0.5, 0.6) is 0 Å². The Kier molecular flexibility index (Phi) is 6.22. The fourth-order valence-electron chi connectivity index (χ4n) is 3.97. The number of rotatable bonds is 4. The maximum atomic E-state index is 15.0. The Balaban J connectivity index is 1.72. The van der Waals surface area contributed by atoms with Crippen molar-refractivity contribution in [3.63, 3.8) is 0 Å². The normalized spacial score (nSPS) is 17.8. The van der Waals surface area contributed by atoms with Crippen molar-refractivity contribution in [1.82, 2.24) is 20.2 Å². The number of anilines is 2. The molecule has 1 aromatic heterocycles. The van der Waals surface area contributed by atoms with Crippen LogP contribution < -0.4 is 15.5 Å². The molecule has 0 spiro atoms. The average molecular weight is 442 g/mol. The summed E-state index contributed by atoms with van der Waals surface area (Å²) < 4.78 is 20.6. The largest absolute Gasteiger partial charge is 0.377 e. The van der Waals surface area contributed by atoms with Crippen LogP contribution in [0.25, 0.3) is 11.4 Å². The van der Waals surface area contributed by atoms with Gasteiger partial charge in [0.25, 0.3) is 0 Å². The summed E-state index contributed by atoms with van der Waals surface area (Å²) in [5, 5.41) is 5.20. The number of ether oxygens (including phenoxy) is 1. The number of urea groups is 1. The first kappa shape index (κ1) is 21.9. The zero-order valence-corrected chi connectivity index (χ0v) is 18.4. The van der Waals surface area contributed by atoms with Gasteiger partial charge in [-0.1, -0.05) is 0 Å². The van der Waals surface area contributed by atoms with Crippen LogP contribution in [0.4, 0.5) is 20.7 Å². The van der Waals surface area contributed by atoms with Crippen molar-refractivity contribution in [1.29, 1.82) is 0 Å². The van der Waals surface area contributed by atoms with Crippen molar-refractivity contribution in [3.8, 4) is 11.4 Å². The SMILES string of the molecule is CCNC(=O)Nc1ccc(-c2nc3c(c(N4CCOC[C@@H]4C)n2)CN(C(C)=O)C3)c(F)c1. The highest BCUT2D eigenvalue weighted by Crippen LogP contribution is 2.34. The molecule has 1 aromatic carbocycles. The number of morpholine rings is 1. The summed E-state index contributed by atoms with van der Waals surface area (Å²) in [6.07, 6.45) is 0. The van der Waals surface area contributed by atoms with Gasteiger partial charge in [-0.25, -0.2) is 19.2 Å². The summed E-state index contributed by atoms with van der Waals surface area (Å²) in [5.41, 5.74) is 2.19. The molecule has 4 rings (SSSR count). The van der Waals surface area contributed by atoms with E-state index in [1.807, 2.05) is 6.92 Å². The minimum absolute atomic E-state index is 0.0440. The van der Waals surface area contributed by atoms with Gasteiger partial charge in [0.2, 0.25) is 5.91 Å². The monoisotopic (exact) mass is 442 g/mol. The number of aromatic nitrogens is 2. The van der Waals surface area contributed by atoms with Crippen LogP contribution in [-0.2, 0) is 22.6 Å². The Hall–Kier alpha value is -3.27. The molecule has 0 unspecified atom stereocenters. The van der Waals surface area contributed by atoms with Gasteiger partial charge in [-0.2, -0.15) is 0 Å². The van der Waals surface area contributed by atoms with Crippen LogP contribution in [-0.4, -0.2) is 59.2 Å². The molecule has 3 amide bonds. The summed E-state index contributed by atoms with van der Waals surface area (Å²) in [7, 11) is 0. The molecule has 170 valence electrons. The van der Waals surface area contributed by atoms with E-state index in [9.17, 15) is 9.59 Å². The maximum absolute atomic E-state index is 15.0. The number of hydrogen-bond donors (Lipinski definition) is 2. The lowest BCUT2D eigenvalue weighted by Gasteiger charge is -2.35. The number of halogens is 1. The molecule has 0 saturated carbocycles. The molecule has 0 bridgehead atoms. The van der Waals surface area contributed by atoms with E-state index in [1.165, 1.54) is 13.0 Å². The van der Waals surface area contributed by atoms with Gasteiger partial charge < -0.3 is 25.2 Å². The molecule has 3 heterocycles. The van der Waals surface area contributed by atoms with E-state index in [2.05, 4.69) is 20.5 Å². The zero-order chi connectivity index (χ0) is 22.8. The number of nitrogens with one attached hydrogen (secondary N) is 2. The summed E-state index contributed by atoms with van der Waals surface area (Å²) >= 11 is 0. The Morgan fingerprint density at radius 3 is 2.78 bits per heavy atom. The van der Waals surface area contributed by atoms with Crippen LogP contribution in [0.15, 0.2) is 18.2 Å². The Morgan fingerprint density at radius 1 is 1.28 bits per heavy atom. The second-order valence-electron chi connectivity index (χ2n) is 7.97. The zero-order valence-electron chi connectivity index (χ0n) is 18.4. The standard InChI is InChI=1S/C22H27FN6O3/c1-4-24-22(31)25-15-5-6-16(18(23)9-15)20-26-19-11-28(14(3)30)10-17(19)21(27-20)29-7-8-32-12-13(29)2/h5-6,9,13H,4,7-8,10-12H2,1-3H3,(H2,24,25,31)/t13-/m0/s1. The molecule has 0 radical (unpaired) electrons. The third-order valence-corrected chi connectivity index (χ3v) is 5.65. The first-order valence-electron chi connectivity index (χ1n) is 10.7. The highest BCUT2D eigenvalue weighted by Gasteiger charge is 2.32. The van der Waals surface area contributed by atoms with Gasteiger partial charge in [-0.05, 0) is 32.0 Å². The molecule has 1 saturated heterocycles. The fourth-order valence-corrected chi connectivity index (χ4v) is 3.97. The number of amides is 3. The second-order valence-corrected chi connectivity index (χ2v) is 7.97. The number of benzene rings is 1. The van der Waals surface area contributed by atoms with E-state index in [4.69, 9.17) is 9.72 Å². The minimum Gasteiger partial charge on any atom is -0.377 e. The molecule has 10 heteroatoms. The van der Waals surface area contributed by atoms with E-state index in [0.29, 0.717) is 50.9 Å². The molecule has 1 atom stereocenters. The quantitative estimate of drug-likeness (QED) is 0.755. The maximum Gasteiger partial charge on any atom is 0.319 e. The van der Waals surface area contributed by atoms with Crippen molar-refractivity contribution >= 4 is 23.4 Å². The number of hydrogen-bond acceptors (Lipinski definition) is 6. The molecular formula is C22H27FN6O3. The van der Waals surface area contributed by atoms with Gasteiger partial charge in [0, 0.05) is 31.3 Å². The molecule has 0 aliphatic carbocycles. The third-order valence-electron chi connectivity index (χ3n) is 5.65. The topological polar surface area (TPSA) is 99.7 Å². The summed E-state index contributed by atoms with van der Waals surface area (Å²) in [4.78, 5) is 36.9. The van der Waals surface area contributed by atoms with Crippen LogP contribution in [0.3, 0.4) is 0 Å². The van der Waals surface area contributed by atoms with E-state index < -0.39 is 11.8 Å². The van der Waals surface area contributed by atoms with E-state index in [-0.39, 0.29) is 23.3 Å². The van der Waals surface area contributed by atoms with Crippen molar-refractivity contribution in [2.75, 3.05) is 36.5 Å². The number of carbonyl (C=O) groups excluding carboxylic acids is 2. The molecule has 2 aliphatic rings. The molecule has 1 fully saturated rings. The lowest BCUT2D eigenvalue weighted by molar-refractivity contribution is -0.129. The van der Waals surface area contributed by atoms with E-state index in [0.717, 1.165) is 11.3 Å². The molecule has 9 nitrogen and oxygen atoms in total. The fraction of sp³-hybridized carbons (Fsp3) is 0.455. The van der Waals surface area contributed by atoms with Gasteiger partial charge in [0.15, 0.2) is 5.82 Å². The summed E-state index contributed by atoms with van der Waals surface area (Å²) in [5.74, 6) is 0.387. The first-order chi connectivity index (χ1) is 15.4. The third kappa shape index (κ3) is 4.36. The predicted octanol–water partition coefficient (Wildman–Crippen LogP) is 2.51. The Morgan fingerprint density at radius 2 is 2.09 bits per heavy atom. The van der Waals surface area contributed by atoms with Crippen molar-refractivity contribution in [2.24, 2.45) is 0 Å². The van der Waals surface area contributed by atoms with Gasteiger partial charge in [0.05, 0.1) is 43.6 Å². The molecule has 2 aliphatic heterocycles. The number of fused-ring (bicyclic) bond motifs is 1. The molecule has 32 heavy (non-hydrogen) atoms. The first-order valence-corrected chi connectivity index (χ1v) is 10.7. The summed E-state index contributed by atoms with van der Waals surface area (Å²) in [6, 6.07) is 4.11. The second kappa shape index (κ2) is 9.07. The predicted molar refractivity (Wildman–Crippen MR) is 118 cm³/mol. The number of nitrogens with zero attached hydrogens (tertiary/aromatic N) is 4. The van der Waals surface area contributed by atoms with Crippen LogP contribution in [0.2, 0.25) is 0 Å². The molecule has 2 aromatic rings. The molecule has 2 N–H and O–H groups in total. The van der Waals surface area contributed by atoms with Crippen LogP contribution in [0, 0.1) is 5.82 Å². The van der Waals surface area contributed by atoms with Crippen LogP contribution >= 0.6 is 0 Å². The molecular weight excluding hydrogens is 415 g/mol. The van der Waals surface area contributed by atoms with Crippen LogP contribution in [0.1, 0.15) is 32.0 Å². The minimum atomic E-state index is -0.540. The summed E-state index contributed by atoms with van der Waals surface area (Å²) in [6.45, 7) is 8.44. The highest BCUT2D eigenvalue weighted by atomic mass is 19.1. The van der Waals surface area contributed by atoms with Crippen molar-refractivity contribution < 1.29 is 18.7 Å². The van der Waals surface area contributed by atoms with Gasteiger partial charge in [-0.3, -0.25) is 4.79 Å². The van der Waals surface area contributed by atoms with E-state index >= 15 is 4.39 Å². The van der Waals surface area contributed by atoms with Crippen molar-refractivity contribution in [3.05, 3.63) is 35.3 Å². The lowest BCUT2D eigenvalue weighted by atomic mass is 10.1. The average Bonchev–Trinajstić information content (AvgIpc) is 3.18. The van der Waals surface area contributed by atoms with E-state index in [1.54, 1.807) is 24.0 Å².